The van der Waals surface area contributed by atoms with Crippen LogP contribution >= 0.6 is 0 Å². The van der Waals surface area contributed by atoms with Crippen LogP contribution in [0.4, 0.5) is 0 Å². The Kier molecular flexibility index (Phi) is 2.04. The minimum Gasteiger partial charge on any atom is -0.389 e. The number of ketones is 1. The maximum Gasteiger partial charge on any atom is 0.137 e. The second-order valence-corrected chi connectivity index (χ2v) is 7.55. The summed E-state index contributed by atoms with van der Waals surface area (Å²) in [7, 11) is 0. The summed E-state index contributed by atoms with van der Waals surface area (Å²) in [5, 5.41) is 11.3. The molecule has 0 amide bonds. The Balaban J connectivity index is 2.18. The van der Waals surface area contributed by atoms with E-state index >= 15 is 0 Å². The maximum atomic E-state index is 12.2. The fourth-order valence-corrected chi connectivity index (χ4v) is 5.54. The van der Waals surface area contributed by atoms with Gasteiger partial charge >= 0.3 is 0 Å². The highest BCUT2D eigenvalue weighted by molar-refractivity contribution is 5.85. The molecule has 1 N–H and O–H groups in total. The highest BCUT2D eigenvalue weighted by Crippen LogP contribution is 2.70. The van der Waals surface area contributed by atoms with Crippen LogP contribution in [0.25, 0.3) is 0 Å². The molecule has 0 aromatic carbocycles. The normalized spacial score (nSPS) is 56.1. The topological polar surface area (TPSA) is 37.3 Å². The van der Waals surface area contributed by atoms with E-state index in [9.17, 15) is 9.90 Å². The molecule has 0 heterocycles. The third kappa shape index (κ3) is 1.05. The van der Waals surface area contributed by atoms with Crippen LogP contribution in [0.2, 0.25) is 0 Å². The third-order valence-corrected chi connectivity index (χ3v) is 6.77. The standard InChI is InChI=1S/C15H24O2/c1-9-5-6-15(17)13(2,3)11-7-10(9)14(15,4)8-12(11)16/h9-11,17H,5-8H2,1-4H3/t9-,10-,11-,14+,15+/m0/s1. The average molecular weight is 236 g/mol. The molecule has 0 aliphatic heterocycles. The lowest BCUT2D eigenvalue weighted by atomic mass is 9.35. The van der Waals surface area contributed by atoms with Crippen LogP contribution in [0.3, 0.4) is 0 Å². The first-order valence-electron chi connectivity index (χ1n) is 6.99. The van der Waals surface area contributed by atoms with Gasteiger partial charge in [-0.1, -0.05) is 27.7 Å². The number of rotatable bonds is 0. The van der Waals surface area contributed by atoms with E-state index < -0.39 is 5.60 Å². The lowest BCUT2D eigenvalue weighted by Crippen LogP contribution is -2.73. The van der Waals surface area contributed by atoms with Crippen LogP contribution in [0, 0.1) is 28.6 Å². The van der Waals surface area contributed by atoms with Gasteiger partial charge in [-0.25, -0.2) is 0 Å². The zero-order valence-corrected chi connectivity index (χ0v) is 11.4. The first-order chi connectivity index (χ1) is 7.74. The maximum absolute atomic E-state index is 12.2. The zero-order chi connectivity index (χ0) is 12.6. The number of hydrogen-bond acceptors (Lipinski definition) is 2. The molecule has 0 unspecified atom stereocenters. The Labute approximate surface area is 104 Å². The van der Waals surface area contributed by atoms with Crippen molar-refractivity contribution in [3.63, 3.8) is 0 Å². The van der Waals surface area contributed by atoms with Gasteiger partial charge in [0.25, 0.3) is 0 Å². The van der Waals surface area contributed by atoms with Crippen molar-refractivity contribution in [2.45, 2.75) is 59.0 Å². The molecule has 4 bridgehead atoms. The van der Waals surface area contributed by atoms with E-state index in [1.54, 1.807) is 0 Å². The quantitative estimate of drug-likeness (QED) is 0.702. The van der Waals surface area contributed by atoms with Crippen molar-refractivity contribution in [1.82, 2.24) is 0 Å². The van der Waals surface area contributed by atoms with Crippen LogP contribution in [0.15, 0.2) is 0 Å². The molecule has 0 radical (unpaired) electrons. The second kappa shape index (κ2) is 2.96. The molecule has 2 heteroatoms. The predicted molar refractivity (Wildman–Crippen MR) is 66.5 cm³/mol. The molecular formula is C15H24O2. The van der Waals surface area contributed by atoms with Gasteiger partial charge < -0.3 is 5.11 Å². The Morgan fingerprint density at radius 2 is 1.94 bits per heavy atom. The number of hydrogen-bond donors (Lipinski definition) is 1. The molecule has 5 atom stereocenters. The number of carbonyl (C=O) groups is 1. The van der Waals surface area contributed by atoms with Gasteiger partial charge in [0, 0.05) is 23.2 Å². The van der Waals surface area contributed by atoms with E-state index in [2.05, 4.69) is 27.7 Å². The molecule has 4 aliphatic carbocycles. The van der Waals surface area contributed by atoms with Crippen molar-refractivity contribution < 1.29 is 9.90 Å². The molecule has 0 saturated heterocycles. The number of fused-ring (bicyclic) bond motifs is 1. The summed E-state index contributed by atoms with van der Waals surface area (Å²) >= 11 is 0. The van der Waals surface area contributed by atoms with Crippen LogP contribution < -0.4 is 0 Å². The van der Waals surface area contributed by atoms with Crippen LogP contribution in [-0.4, -0.2) is 16.5 Å². The van der Waals surface area contributed by atoms with E-state index in [-0.39, 0.29) is 16.7 Å². The molecule has 17 heavy (non-hydrogen) atoms. The van der Waals surface area contributed by atoms with Gasteiger partial charge in [-0.15, -0.1) is 0 Å². The van der Waals surface area contributed by atoms with Gasteiger partial charge in [0.1, 0.15) is 5.78 Å². The highest BCUT2D eigenvalue weighted by atomic mass is 16.3. The van der Waals surface area contributed by atoms with E-state index in [1.807, 2.05) is 0 Å². The van der Waals surface area contributed by atoms with Crippen molar-refractivity contribution in [2.24, 2.45) is 28.6 Å². The van der Waals surface area contributed by atoms with Gasteiger partial charge in [0.2, 0.25) is 0 Å². The van der Waals surface area contributed by atoms with Crippen molar-refractivity contribution in [3.05, 3.63) is 0 Å². The minimum absolute atomic E-state index is 0.0853. The monoisotopic (exact) mass is 236 g/mol. The Bertz CT molecular complexity index is 386. The Hall–Kier alpha value is -0.370. The smallest absolute Gasteiger partial charge is 0.137 e. The van der Waals surface area contributed by atoms with Gasteiger partial charge in [-0.3, -0.25) is 4.79 Å². The summed E-state index contributed by atoms with van der Waals surface area (Å²) < 4.78 is 0. The largest absolute Gasteiger partial charge is 0.389 e. The van der Waals surface area contributed by atoms with Crippen molar-refractivity contribution >= 4 is 5.78 Å². The second-order valence-electron chi connectivity index (χ2n) is 7.55. The molecule has 96 valence electrons. The molecular weight excluding hydrogens is 212 g/mol. The molecule has 4 fully saturated rings. The van der Waals surface area contributed by atoms with Crippen molar-refractivity contribution in [3.8, 4) is 0 Å². The van der Waals surface area contributed by atoms with E-state index in [0.29, 0.717) is 24.0 Å². The molecule has 4 saturated carbocycles. The SMILES string of the molecule is C[C@H]1CC[C@@]2(O)C(C)(C)[C@H]3C[C@@H]1[C@@]2(C)CC3=O. The lowest BCUT2D eigenvalue weighted by Gasteiger charge is -2.70. The van der Waals surface area contributed by atoms with Crippen molar-refractivity contribution in [2.75, 3.05) is 0 Å². The van der Waals surface area contributed by atoms with Gasteiger partial charge in [-0.05, 0) is 31.1 Å². The van der Waals surface area contributed by atoms with Crippen LogP contribution in [0.1, 0.15) is 53.4 Å². The number of carbonyl (C=O) groups excluding carboxylic acids is 1. The minimum atomic E-state index is -0.631. The Morgan fingerprint density at radius 1 is 1.29 bits per heavy atom. The van der Waals surface area contributed by atoms with Gasteiger partial charge in [0.05, 0.1) is 5.60 Å². The van der Waals surface area contributed by atoms with E-state index in [0.717, 1.165) is 19.3 Å². The predicted octanol–water partition coefficient (Wildman–Crippen LogP) is 2.79. The van der Waals surface area contributed by atoms with Crippen LogP contribution in [0.5, 0.6) is 0 Å². The lowest BCUT2D eigenvalue weighted by molar-refractivity contribution is -0.277. The molecule has 4 aliphatic rings. The Morgan fingerprint density at radius 3 is 2.59 bits per heavy atom. The summed E-state index contributed by atoms with van der Waals surface area (Å²) in [6.45, 7) is 8.69. The average Bonchev–Trinajstić information content (AvgIpc) is 2.21. The van der Waals surface area contributed by atoms with Gasteiger partial charge in [0.15, 0.2) is 0 Å². The van der Waals surface area contributed by atoms with Crippen LogP contribution in [-0.2, 0) is 4.79 Å². The molecule has 4 rings (SSSR count). The number of Topliss-reactive ketones (excluding diaryl/α,β-unsaturated/α-hetero) is 1. The summed E-state index contributed by atoms with van der Waals surface area (Å²) in [4.78, 5) is 12.2. The first-order valence-corrected chi connectivity index (χ1v) is 6.99. The highest BCUT2D eigenvalue weighted by Gasteiger charge is 2.72. The molecule has 0 aromatic rings. The summed E-state index contributed by atoms with van der Waals surface area (Å²) in [5.41, 5.74) is -1.05. The summed E-state index contributed by atoms with van der Waals surface area (Å²) in [5.74, 6) is 1.68. The van der Waals surface area contributed by atoms with Gasteiger partial charge in [-0.2, -0.15) is 0 Å². The molecule has 0 spiro atoms. The third-order valence-electron chi connectivity index (χ3n) is 6.77. The fourth-order valence-electron chi connectivity index (χ4n) is 5.54. The zero-order valence-electron chi connectivity index (χ0n) is 11.4. The van der Waals surface area contributed by atoms with E-state index in [4.69, 9.17) is 0 Å². The number of aliphatic hydroxyl groups is 1. The summed E-state index contributed by atoms with van der Waals surface area (Å²) in [6.07, 6.45) is 3.59. The fraction of sp³-hybridized carbons (Fsp3) is 0.933. The van der Waals surface area contributed by atoms with E-state index in [1.165, 1.54) is 0 Å². The van der Waals surface area contributed by atoms with Crippen molar-refractivity contribution in [1.29, 1.82) is 0 Å². The first kappa shape index (κ1) is 11.7. The molecule has 2 nitrogen and oxygen atoms in total. The molecule has 0 aromatic heterocycles. The summed E-state index contributed by atoms with van der Waals surface area (Å²) in [6, 6.07) is 0.